The lowest BCUT2D eigenvalue weighted by Crippen LogP contribution is -2.31. The summed E-state index contributed by atoms with van der Waals surface area (Å²) in [7, 11) is 1.72. The largest absolute Gasteiger partial charge is 0.489 e. The van der Waals surface area contributed by atoms with E-state index >= 15 is 0 Å². The second-order valence-electron chi connectivity index (χ2n) is 5.69. The van der Waals surface area contributed by atoms with E-state index < -0.39 is 0 Å². The Bertz CT molecular complexity index is 405. The average Bonchev–Trinajstić information content (AvgIpc) is 2.36. The molecule has 0 atom stereocenters. The first-order chi connectivity index (χ1) is 9.45. The summed E-state index contributed by atoms with van der Waals surface area (Å²) in [5, 5.41) is 0. The zero-order valence-corrected chi connectivity index (χ0v) is 13.3. The maximum Gasteiger partial charge on any atom is 0.144 e. The Labute approximate surface area is 122 Å². The van der Waals surface area contributed by atoms with Gasteiger partial charge < -0.3 is 20.1 Å². The van der Waals surface area contributed by atoms with E-state index in [0.29, 0.717) is 18.2 Å². The minimum atomic E-state index is 0.116. The number of nitrogens with zero attached hydrogens (tertiary/aromatic N) is 1. The summed E-state index contributed by atoms with van der Waals surface area (Å²) < 4.78 is 11.0. The molecule has 4 heteroatoms. The highest BCUT2D eigenvalue weighted by molar-refractivity contribution is 5.74. The molecule has 0 aliphatic carbocycles. The molecule has 1 aromatic carbocycles. The van der Waals surface area contributed by atoms with Gasteiger partial charge in [-0.2, -0.15) is 0 Å². The smallest absolute Gasteiger partial charge is 0.144 e. The Kier molecular flexibility index (Phi) is 6.65. The van der Waals surface area contributed by atoms with E-state index in [0.717, 1.165) is 24.5 Å². The van der Waals surface area contributed by atoms with Crippen LogP contribution in [0.2, 0.25) is 0 Å². The van der Waals surface area contributed by atoms with Gasteiger partial charge >= 0.3 is 0 Å². The van der Waals surface area contributed by atoms with E-state index in [9.17, 15) is 0 Å². The summed E-state index contributed by atoms with van der Waals surface area (Å²) in [6.45, 7) is 10.9. The predicted molar refractivity (Wildman–Crippen MR) is 85.5 cm³/mol. The van der Waals surface area contributed by atoms with Crippen LogP contribution in [0, 0.1) is 5.92 Å². The minimum Gasteiger partial charge on any atom is -0.489 e. The molecule has 4 nitrogen and oxygen atoms in total. The maximum atomic E-state index is 6.27. The van der Waals surface area contributed by atoms with Crippen LogP contribution in [0.1, 0.15) is 27.7 Å². The van der Waals surface area contributed by atoms with Gasteiger partial charge in [0.1, 0.15) is 5.75 Å². The van der Waals surface area contributed by atoms with Crippen molar-refractivity contribution in [3.63, 3.8) is 0 Å². The highest BCUT2D eigenvalue weighted by Crippen LogP contribution is 2.33. The first kappa shape index (κ1) is 16.6. The summed E-state index contributed by atoms with van der Waals surface area (Å²) >= 11 is 0. The third-order valence-corrected chi connectivity index (χ3v) is 2.90. The van der Waals surface area contributed by atoms with Crippen molar-refractivity contribution in [3.8, 4) is 5.75 Å². The van der Waals surface area contributed by atoms with Crippen molar-refractivity contribution >= 4 is 11.4 Å². The van der Waals surface area contributed by atoms with Crippen molar-refractivity contribution in [3.05, 3.63) is 18.2 Å². The third-order valence-electron chi connectivity index (χ3n) is 2.90. The molecule has 0 aliphatic heterocycles. The maximum absolute atomic E-state index is 6.27. The van der Waals surface area contributed by atoms with E-state index in [2.05, 4.69) is 18.7 Å². The average molecular weight is 280 g/mol. The van der Waals surface area contributed by atoms with Crippen LogP contribution in [0.3, 0.4) is 0 Å². The molecule has 0 bridgehead atoms. The number of nitrogen functional groups attached to an aromatic ring is 1. The molecule has 0 fully saturated rings. The molecule has 0 amide bonds. The second-order valence-corrected chi connectivity index (χ2v) is 5.69. The van der Waals surface area contributed by atoms with Crippen molar-refractivity contribution in [2.75, 3.05) is 37.4 Å². The molecule has 0 saturated carbocycles. The number of ether oxygens (including phenoxy) is 2. The van der Waals surface area contributed by atoms with Gasteiger partial charge in [0, 0.05) is 20.2 Å². The first-order valence-electron chi connectivity index (χ1n) is 7.24. The number of para-hydroxylation sites is 1. The van der Waals surface area contributed by atoms with Crippen LogP contribution in [0.15, 0.2) is 18.2 Å². The summed E-state index contributed by atoms with van der Waals surface area (Å²) in [5.74, 6) is 1.31. The minimum absolute atomic E-state index is 0.116. The fourth-order valence-corrected chi connectivity index (χ4v) is 2.12. The molecule has 20 heavy (non-hydrogen) atoms. The van der Waals surface area contributed by atoms with E-state index in [1.54, 1.807) is 7.11 Å². The molecule has 0 aromatic heterocycles. The van der Waals surface area contributed by atoms with Gasteiger partial charge in [0.2, 0.25) is 0 Å². The predicted octanol–water partition coefficient (Wildman–Crippen LogP) is 3.16. The molecule has 0 heterocycles. The zero-order chi connectivity index (χ0) is 15.1. The number of nitrogens with two attached hydrogens (primary N) is 1. The van der Waals surface area contributed by atoms with Crippen LogP contribution in [-0.4, -0.2) is 32.9 Å². The van der Waals surface area contributed by atoms with Gasteiger partial charge in [-0.15, -0.1) is 0 Å². The normalized spacial score (nSPS) is 11.2. The zero-order valence-electron chi connectivity index (χ0n) is 13.3. The Morgan fingerprint density at radius 3 is 2.45 bits per heavy atom. The molecule has 0 radical (unpaired) electrons. The third kappa shape index (κ3) is 4.93. The van der Waals surface area contributed by atoms with E-state index in [1.807, 2.05) is 32.0 Å². The van der Waals surface area contributed by atoms with E-state index in [4.69, 9.17) is 15.2 Å². The molecular weight excluding hydrogens is 252 g/mol. The van der Waals surface area contributed by atoms with Gasteiger partial charge in [-0.3, -0.25) is 0 Å². The highest BCUT2D eigenvalue weighted by atomic mass is 16.5. The molecule has 0 spiro atoms. The molecule has 0 unspecified atom stereocenters. The highest BCUT2D eigenvalue weighted by Gasteiger charge is 2.15. The quantitative estimate of drug-likeness (QED) is 0.743. The van der Waals surface area contributed by atoms with Gasteiger partial charge in [-0.1, -0.05) is 19.9 Å². The molecule has 1 aromatic rings. The van der Waals surface area contributed by atoms with Crippen LogP contribution < -0.4 is 15.4 Å². The van der Waals surface area contributed by atoms with Gasteiger partial charge in [-0.25, -0.2) is 0 Å². The van der Waals surface area contributed by atoms with Gasteiger partial charge in [0.25, 0.3) is 0 Å². The number of benzene rings is 1. The molecule has 0 aliphatic rings. The van der Waals surface area contributed by atoms with Crippen LogP contribution in [0.4, 0.5) is 11.4 Å². The van der Waals surface area contributed by atoms with Crippen LogP contribution in [0.5, 0.6) is 5.75 Å². The molecule has 2 N–H and O–H groups in total. The van der Waals surface area contributed by atoms with Crippen LogP contribution in [0.25, 0.3) is 0 Å². The molecule has 114 valence electrons. The summed E-state index contributed by atoms with van der Waals surface area (Å²) in [4.78, 5) is 2.26. The summed E-state index contributed by atoms with van der Waals surface area (Å²) in [5.41, 5.74) is 8.00. The van der Waals surface area contributed by atoms with Crippen molar-refractivity contribution in [1.82, 2.24) is 0 Å². The second kappa shape index (κ2) is 8.00. The summed E-state index contributed by atoms with van der Waals surface area (Å²) in [6.07, 6.45) is 0.116. The SMILES string of the molecule is COCCN(CC(C)C)c1cccc(OC(C)C)c1N. The Balaban J connectivity index is 2.99. The lowest BCUT2D eigenvalue weighted by Gasteiger charge is -2.28. The van der Waals surface area contributed by atoms with Gasteiger partial charge in [0.15, 0.2) is 0 Å². The van der Waals surface area contributed by atoms with Crippen LogP contribution in [-0.2, 0) is 4.74 Å². The Morgan fingerprint density at radius 1 is 1.20 bits per heavy atom. The first-order valence-corrected chi connectivity index (χ1v) is 7.24. The molecule has 1 rings (SSSR count). The number of hydrogen-bond donors (Lipinski definition) is 1. The van der Waals surface area contributed by atoms with Crippen molar-refractivity contribution in [1.29, 1.82) is 0 Å². The lowest BCUT2D eigenvalue weighted by atomic mass is 10.1. The lowest BCUT2D eigenvalue weighted by molar-refractivity contribution is 0.204. The topological polar surface area (TPSA) is 47.7 Å². The van der Waals surface area contributed by atoms with E-state index in [1.165, 1.54) is 0 Å². The Morgan fingerprint density at radius 2 is 1.90 bits per heavy atom. The number of hydrogen-bond acceptors (Lipinski definition) is 4. The number of methoxy groups -OCH3 is 1. The van der Waals surface area contributed by atoms with Crippen molar-refractivity contribution in [2.24, 2.45) is 5.92 Å². The fourth-order valence-electron chi connectivity index (χ4n) is 2.12. The molecular formula is C16H28N2O2. The number of rotatable bonds is 8. The van der Waals surface area contributed by atoms with E-state index in [-0.39, 0.29) is 6.10 Å². The fraction of sp³-hybridized carbons (Fsp3) is 0.625. The number of anilines is 2. The monoisotopic (exact) mass is 280 g/mol. The van der Waals surface area contributed by atoms with Crippen molar-refractivity contribution < 1.29 is 9.47 Å². The van der Waals surface area contributed by atoms with Gasteiger partial charge in [0.05, 0.1) is 24.1 Å². The molecule has 0 saturated heterocycles. The summed E-state index contributed by atoms with van der Waals surface area (Å²) in [6, 6.07) is 5.95. The van der Waals surface area contributed by atoms with Crippen LogP contribution >= 0.6 is 0 Å². The van der Waals surface area contributed by atoms with Gasteiger partial charge in [-0.05, 0) is 31.9 Å². The van der Waals surface area contributed by atoms with Crippen molar-refractivity contribution in [2.45, 2.75) is 33.8 Å². The standard InChI is InChI=1S/C16H28N2O2/c1-12(2)11-18(9-10-19-5)14-7-6-8-15(16(14)17)20-13(3)4/h6-8,12-13H,9-11,17H2,1-5H3. The Hall–Kier alpha value is -1.42.